The predicted molar refractivity (Wildman–Crippen MR) is 90.3 cm³/mol. The van der Waals surface area contributed by atoms with Crippen LogP contribution >= 0.6 is 0 Å². The first-order valence-corrected chi connectivity index (χ1v) is 8.34. The van der Waals surface area contributed by atoms with Crippen molar-refractivity contribution in [3.05, 3.63) is 35.9 Å². The molecule has 1 atom stereocenters. The van der Waals surface area contributed by atoms with Gasteiger partial charge < -0.3 is 14.8 Å². The molecule has 0 amide bonds. The topological polar surface area (TPSA) is 70.1 Å². The van der Waals surface area contributed by atoms with E-state index in [2.05, 4.69) is 4.90 Å². The van der Waals surface area contributed by atoms with Gasteiger partial charge in [-0.3, -0.25) is 9.59 Å². The minimum atomic E-state index is -0.970. The van der Waals surface area contributed by atoms with E-state index in [9.17, 15) is 14.7 Å². The van der Waals surface area contributed by atoms with Crippen molar-refractivity contribution in [2.45, 2.75) is 31.7 Å². The maximum Gasteiger partial charge on any atom is 0.325 e. The van der Waals surface area contributed by atoms with Crippen LogP contribution in [-0.4, -0.2) is 60.2 Å². The number of hydrogen-bond donors (Lipinski definition) is 1. The highest BCUT2D eigenvalue weighted by Gasteiger charge is 2.26. The van der Waals surface area contributed by atoms with E-state index in [4.69, 9.17) is 4.84 Å². The Morgan fingerprint density at radius 3 is 2.42 bits per heavy atom. The minimum Gasteiger partial charge on any atom is -0.481 e. The fraction of sp³-hybridized carbons (Fsp3) is 0.556. The maximum absolute atomic E-state index is 12.1. The molecule has 1 aromatic carbocycles. The smallest absolute Gasteiger partial charge is 0.325 e. The number of hydroxylamine groups is 2. The Kier molecular flexibility index (Phi) is 6.75. The second kappa shape index (κ2) is 8.80. The number of carboxylic acids is 1. The molecule has 0 spiro atoms. The Hall–Kier alpha value is -1.92. The average Bonchev–Trinajstić information content (AvgIpc) is 2.55. The van der Waals surface area contributed by atoms with Crippen LogP contribution in [0.4, 0.5) is 0 Å². The lowest BCUT2D eigenvalue weighted by Gasteiger charge is -2.33. The van der Waals surface area contributed by atoms with E-state index >= 15 is 0 Å². The fourth-order valence-corrected chi connectivity index (χ4v) is 2.98. The molecule has 2 rings (SSSR count). The quantitative estimate of drug-likeness (QED) is 0.820. The summed E-state index contributed by atoms with van der Waals surface area (Å²) in [5.41, 5.74) is 0.907. The minimum absolute atomic E-state index is 0.113. The van der Waals surface area contributed by atoms with Gasteiger partial charge in [-0.2, -0.15) is 0 Å². The third kappa shape index (κ3) is 5.62. The molecule has 0 aliphatic carbocycles. The lowest BCUT2D eigenvalue weighted by Crippen LogP contribution is -2.43. The third-order valence-electron chi connectivity index (χ3n) is 4.47. The van der Waals surface area contributed by atoms with E-state index in [-0.39, 0.29) is 6.42 Å². The second-order valence-corrected chi connectivity index (χ2v) is 6.52. The summed E-state index contributed by atoms with van der Waals surface area (Å²) in [6.07, 6.45) is 2.09. The Morgan fingerprint density at radius 1 is 1.25 bits per heavy atom. The number of carbonyl (C=O) groups excluding carboxylic acids is 1. The largest absolute Gasteiger partial charge is 0.481 e. The van der Waals surface area contributed by atoms with Gasteiger partial charge in [-0.1, -0.05) is 30.3 Å². The lowest BCUT2D eigenvalue weighted by atomic mass is 9.96. The monoisotopic (exact) mass is 334 g/mol. The molecule has 0 aromatic heterocycles. The van der Waals surface area contributed by atoms with Crippen LogP contribution in [0.15, 0.2) is 30.3 Å². The molecule has 0 unspecified atom stereocenters. The molecule has 1 N–H and O–H groups in total. The van der Waals surface area contributed by atoms with Crippen LogP contribution in [0, 0.1) is 5.92 Å². The molecule has 1 aromatic rings. The molecular weight excluding hydrogens is 308 g/mol. The number of rotatable bonds is 7. The summed E-state index contributed by atoms with van der Waals surface area (Å²) in [5.74, 6) is -2.21. The number of aliphatic carboxylic acids is 1. The van der Waals surface area contributed by atoms with Gasteiger partial charge in [-0.15, -0.1) is 5.06 Å². The molecule has 1 aliphatic rings. The van der Waals surface area contributed by atoms with Crippen molar-refractivity contribution in [1.29, 1.82) is 0 Å². The Bertz CT molecular complexity index is 539. The third-order valence-corrected chi connectivity index (χ3v) is 4.47. The molecule has 0 radical (unpaired) electrons. The van der Waals surface area contributed by atoms with E-state index in [1.54, 1.807) is 5.06 Å². The number of piperidine rings is 1. The van der Waals surface area contributed by atoms with Gasteiger partial charge in [0.2, 0.25) is 0 Å². The summed E-state index contributed by atoms with van der Waals surface area (Å²) in [4.78, 5) is 31.0. The first-order chi connectivity index (χ1) is 11.5. The van der Waals surface area contributed by atoms with Gasteiger partial charge in [-0.05, 0) is 38.9 Å². The van der Waals surface area contributed by atoms with Crippen LogP contribution in [-0.2, 0) is 20.8 Å². The van der Waals surface area contributed by atoms with Crippen molar-refractivity contribution in [2.24, 2.45) is 5.92 Å². The molecule has 0 saturated carbocycles. The van der Waals surface area contributed by atoms with E-state index < -0.39 is 17.9 Å². The summed E-state index contributed by atoms with van der Waals surface area (Å²) in [5, 5.41) is 11.0. The second-order valence-electron chi connectivity index (χ2n) is 6.52. The van der Waals surface area contributed by atoms with Crippen LogP contribution in [0.5, 0.6) is 0 Å². The number of carbonyl (C=O) groups is 2. The summed E-state index contributed by atoms with van der Waals surface area (Å²) < 4.78 is 0. The van der Waals surface area contributed by atoms with Gasteiger partial charge in [0, 0.05) is 19.1 Å². The highest BCUT2D eigenvalue weighted by molar-refractivity contribution is 5.78. The van der Waals surface area contributed by atoms with Crippen molar-refractivity contribution in [3.8, 4) is 0 Å². The molecule has 1 heterocycles. The molecular formula is C18H26N2O4. The Labute approximate surface area is 143 Å². The van der Waals surface area contributed by atoms with Crippen molar-refractivity contribution in [1.82, 2.24) is 9.96 Å². The zero-order valence-corrected chi connectivity index (χ0v) is 14.4. The summed E-state index contributed by atoms with van der Waals surface area (Å²) >= 11 is 0. The SMILES string of the molecule is CN(C)C1CCN(OC(=O)C[C@@H](Cc2ccccc2)C(=O)O)CC1. The lowest BCUT2D eigenvalue weighted by molar-refractivity contribution is -0.198. The van der Waals surface area contributed by atoms with Gasteiger partial charge in [0.05, 0.1) is 12.3 Å². The summed E-state index contributed by atoms with van der Waals surface area (Å²) in [7, 11) is 4.10. The highest BCUT2D eigenvalue weighted by Crippen LogP contribution is 2.17. The molecule has 24 heavy (non-hydrogen) atoms. The van der Waals surface area contributed by atoms with Gasteiger partial charge in [-0.25, -0.2) is 0 Å². The van der Waals surface area contributed by atoms with Crippen molar-refractivity contribution >= 4 is 11.9 Å². The first kappa shape index (κ1) is 18.4. The predicted octanol–water partition coefficient (Wildman–Crippen LogP) is 1.80. The fourth-order valence-electron chi connectivity index (χ4n) is 2.98. The Morgan fingerprint density at radius 2 is 1.88 bits per heavy atom. The normalized spacial score (nSPS) is 17.6. The summed E-state index contributed by atoms with van der Waals surface area (Å²) in [6, 6.07) is 9.85. The van der Waals surface area contributed by atoms with Gasteiger partial charge in [0.15, 0.2) is 0 Å². The molecule has 6 nitrogen and oxygen atoms in total. The van der Waals surface area contributed by atoms with Crippen molar-refractivity contribution in [2.75, 3.05) is 27.2 Å². The van der Waals surface area contributed by atoms with Crippen LogP contribution in [0.2, 0.25) is 0 Å². The van der Waals surface area contributed by atoms with Crippen LogP contribution < -0.4 is 0 Å². The van der Waals surface area contributed by atoms with Crippen molar-refractivity contribution < 1.29 is 19.5 Å². The number of benzene rings is 1. The van der Waals surface area contributed by atoms with Crippen molar-refractivity contribution in [3.63, 3.8) is 0 Å². The maximum atomic E-state index is 12.1. The van der Waals surface area contributed by atoms with E-state index in [1.165, 1.54) is 0 Å². The molecule has 6 heteroatoms. The summed E-state index contributed by atoms with van der Waals surface area (Å²) in [6.45, 7) is 1.37. The standard InChI is InChI=1S/C18H26N2O4/c1-19(2)16-8-10-20(11-9-16)24-17(21)13-15(18(22)23)12-14-6-4-3-5-7-14/h3-7,15-16H,8-13H2,1-2H3,(H,22,23)/t15-/m1/s1. The van der Waals surface area contributed by atoms with Crippen LogP contribution in [0.25, 0.3) is 0 Å². The molecule has 1 aliphatic heterocycles. The average molecular weight is 334 g/mol. The number of hydrogen-bond acceptors (Lipinski definition) is 5. The Balaban J connectivity index is 1.82. The molecule has 1 fully saturated rings. The zero-order valence-electron chi connectivity index (χ0n) is 14.4. The van der Waals surface area contributed by atoms with Gasteiger partial charge in [0.25, 0.3) is 0 Å². The van der Waals surface area contributed by atoms with E-state index in [0.29, 0.717) is 25.6 Å². The molecule has 0 bridgehead atoms. The molecule has 132 valence electrons. The van der Waals surface area contributed by atoms with E-state index in [1.807, 2.05) is 44.4 Å². The number of carboxylic acid groups (broad SMARTS) is 1. The van der Waals surface area contributed by atoms with Crippen LogP contribution in [0.3, 0.4) is 0 Å². The zero-order chi connectivity index (χ0) is 17.5. The van der Waals surface area contributed by atoms with Crippen LogP contribution in [0.1, 0.15) is 24.8 Å². The highest BCUT2D eigenvalue weighted by atomic mass is 16.7. The van der Waals surface area contributed by atoms with E-state index in [0.717, 1.165) is 18.4 Å². The molecule has 1 saturated heterocycles. The number of nitrogens with zero attached hydrogens (tertiary/aromatic N) is 2. The van der Waals surface area contributed by atoms with Gasteiger partial charge in [0.1, 0.15) is 0 Å². The first-order valence-electron chi connectivity index (χ1n) is 8.34. The van der Waals surface area contributed by atoms with Gasteiger partial charge >= 0.3 is 11.9 Å².